The Kier molecular flexibility index (Phi) is 7.09. The highest BCUT2D eigenvalue weighted by molar-refractivity contribution is 5.90. The number of hydrogen-bond acceptors (Lipinski definition) is 3. The van der Waals surface area contributed by atoms with Crippen molar-refractivity contribution in [1.82, 2.24) is 5.32 Å². The van der Waals surface area contributed by atoms with E-state index in [-0.39, 0.29) is 11.7 Å². The minimum absolute atomic E-state index is 0.294. The van der Waals surface area contributed by atoms with E-state index in [1.807, 2.05) is 31.2 Å². The fourth-order valence-corrected chi connectivity index (χ4v) is 2.32. The van der Waals surface area contributed by atoms with Gasteiger partial charge in [0.15, 0.2) is 6.10 Å². The van der Waals surface area contributed by atoms with Crippen LogP contribution in [0.1, 0.15) is 23.6 Å². The Bertz CT molecular complexity index is 784. The average molecular weight is 355 g/mol. The van der Waals surface area contributed by atoms with Gasteiger partial charge in [-0.2, -0.15) is 0 Å². The van der Waals surface area contributed by atoms with Crippen LogP contribution in [0.15, 0.2) is 54.6 Å². The number of amides is 1. The summed E-state index contributed by atoms with van der Waals surface area (Å²) >= 11 is 0. The number of rotatable bonds is 7. The minimum Gasteiger partial charge on any atom is -0.449 e. The molecular formula is C21H22FNO3. The molecule has 0 radical (unpaired) electrons. The summed E-state index contributed by atoms with van der Waals surface area (Å²) in [5.74, 6) is -1.24. The molecule has 0 heterocycles. The Morgan fingerprint density at radius 2 is 1.85 bits per heavy atom. The van der Waals surface area contributed by atoms with Gasteiger partial charge in [0.2, 0.25) is 0 Å². The molecule has 1 N–H and O–H groups in total. The zero-order valence-electron chi connectivity index (χ0n) is 14.9. The fourth-order valence-electron chi connectivity index (χ4n) is 2.32. The van der Waals surface area contributed by atoms with Gasteiger partial charge >= 0.3 is 5.97 Å². The number of ether oxygens (including phenoxy) is 1. The molecule has 0 aromatic heterocycles. The second-order valence-corrected chi connectivity index (χ2v) is 5.94. The molecule has 4 nitrogen and oxygen atoms in total. The van der Waals surface area contributed by atoms with Crippen LogP contribution in [-0.2, 0) is 20.7 Å². The average Bonchev–Trinajstić information content (AvgIpc) is 2.62. The lowest BCUT2D eigenvalue weighted by Crippen LogP contribution is -2.36. The van der Waals surface area contributed by atoms with Gasteiger partial charge in [0.25, 0.3) is 5.91 Å². The zero-order valence-corrected chi connectivity index (χ0v) is 14.9. The van der Waals surface area contributed by atoms with Gasteiger partial charge in [0.1, 0.15) is 5.82 Å². The Morgan fingerprint density at radius 1 is 1.15 bits per heavy atom. The molecule has 0 aliphatic heterocycles. The van der Waals surface area contributed by atoms with Crippen LogP contribution in [0.25, 0.3) is 6.08 Å². The zero-order chi connectivity index (χ0) is 18.9. The molecule has 0 saturated heterocycles. The summed E-state index contributed by atoms with van der Waals surface area (Å²) in [6.07, 6.45) is 2.65. The third-order valence-corrected chi connectivity index (χ3v) is 3.88. The Morgan fingerprint density at radius 3 is 2.54 bits per heavy atom. The van der Waals surface area contributed by atoms with E-state index in [1.165, 1.54) is 25.1 Å². The number of carbonyl (C=O) groups excluding carboxylic acids is 2. The molecule has 0 bridgehead atoms. The molecule has 0 aliphatic carbocycles. The normalized spacial score (nSPS) is 12.0. The molecule has 0 aliphatic rings. The predicted molar refractivity (Wildman–Crippen MR) is 98.9 cm³/mol. The fraction of sp³-hybridized carbons (Fsp3) is 0.238. The summed E-state index contributed by atoms with van der Waals surface area (Å²) in [4.78, 5) is 23.8. The Hall–Kier alpha value is -2.95. The molecule has 0 unspecified atom stereocenters. The molecule has 0 saturated carbocycles. The van der Waals surface area contributed by atoms with Gasteiger partial charge in [0, 0.05) is 12.6 Å². The second kappa shape index (κ2) is 9.51. The van der Waals surface area contributed by atoms with E-state index < -0.39 is 12.1 Å². The van der Waals surface area contributed by atoms with Crippen molar-refractivity contribution in [1.29, 1.82) is 0 Å². The van der Waals surface area contributed by atoms with E-state index in [0.717, 1.165) is 16.7 Å². The molecule has 2 rings (SSSR count). The summed E-state index contributed by atoms with van der Waals surface area (Å²) in [5, 5.41) is 2.70. The van der Waals surface area contributed by atoms with E-state index in [4.69, 9.17) is 4.74 Å². The maximum absolute atomic E-state index is 12.8. The highest BCUT2D eigenvalue weighted by Gasteiger charge is 2.15. The number of halogens is 1. The van der Waals surface area contributed by atoms with Crippen molar-refractivity contribution in [2.45, 2.75) is 26.4 Å². The summed E-state index contributed by atoms with van der Waals surface area (Å²) in [7, 11) is 0. The van der Waals surface area contributed by atoms with Crippen molar-refractivity contribution in [3.05, 3.63) is 77.1 Å². The Labute approximate surface area is 152 Å². The maximum atomic E-state index is 12.8. The summed E-state index contributed by atoms with van der Waals surface area (Å²) in [5.41, 5.74) is 2.88. The molecule has 0 spiro atoms. The van der Waals surface area contributed by atoms with E-state index in [1.54, 1.807) is 18.2 Å². The van der Waals surface area contributed by atoms with Crippen LogP contribution < -0.4 is 5.32 Å². The van der Waals surface area contributed by atoms with Crippen LogP contribution in [0.2, 0.25) is 0 Å². The van der Waals surface area contributed by atoms with Crippen molar-refractivity contribution >= 4 is 18.0 Å². The van der Waals surface area contributed by atoms with Gasteiger partial charge in [-0.05, 0) is 55.2 Å². The highest BCUT2D eigenvalue weighted by Crippen LogP contribution is 2.09. The van der Waals surface area contributed by atoms with Gasteiger partial charge in [0.05, 0.1) is 0 Å². The van der Waals surface area contributed by atoms with Crippen LogP contribution in [0.3, 0.4) is 0 Å². The molecule has 1 atom stereocenters. The van der Waals surface area contributed by atoms with E-state index >= 15 is 0 Å². The van der Waals surface area contributed by atoms with E-state index in [9.17, 15) is 14.0 Å². The Balaban J connectivity index is 1.76. The number of nitrogens with one attached hydrogen (secondary N) is 1. The lowest BCUT2D eigenvalue weighted by Gasteiger charge is -2.12. The molecule has 0 fully saturated rings. The molecular weight excluding hydrogens is 333 g/mol. The largest absolute Gasteiger partial charge is 0.449 e. The first-order chi connectivity index (χ1) is 12.5. The van der Waals surface area contributed by atoms with Crippen LogP contribution in [0.5, 0.6) is 0 Å². The van der Waals surface area contributed by atoms with Crippen molar-refractivity contribution in [2.75, 3.05) is 6.54 Å². The van der Waals surface area contributed by atoms with Crippen molar-refractivity contribution in [2.24, 2.45) is 0 Å². The topological polar surface area (TPSA) is 55.4 Å². The lowest BCUT2D eigenvalue weighted by molar-refractivity contribution is -0.150. The summed E-state index contributed by atoms with van der Waals surface area (Å²) in [6.45, 7) is 3.85. The molecule has 1 amide bonds. The highest BCUT2D eigenvalue weighted by atomic mass is 19.1. The van der Waals surface area contributed by atoms with Gasteiger partial charge in [-0.3, -0.25) is 4.79 Å². The van der Waals surface area contributed by atoms with Crippen LogP contribution in [-0.4, -0.2) is 24.5 Å². The third kappa shape index (κ3) is 6.16. The summed E-state index contributed by atoms with van der Waals surface area (Å²) < 4.78 is 17.9. The second-order valence-electron chi connectivity index (χ2n) is 5.94. The third-order valence-electron chi connectivity index (χ3n) is 3.88. The number of carbonyl (C=O) groups is 2. The molecule has 2 aromatic carbocycles. The monoisotopic (exact) mass is 355 g/mol. The first kappa shape index (κ1) is 19.4. The van der Waals surface area contributed by atoms with Gasteiger partial charge in [-0.15, -0.1) is 0 Å². The van der Waals surface area contributed by atoms with Crippen LogP contribution in [0, 0.1) is 12.7 Å². The molecule has 136 valence electrons. The van der Waals surface area contributed by atoms with E-state index in [0.29, 0.717) is 13.0 Å². The van der Waals surface area contributed by atoms with Gasteiger partial charge in [-0.25, -0.2) is 9.18 Å². The van der Waals surface area contributed by atoms with Crippen LogP contribution >= 0.6 is 0 Å². The summed E-state index contributed by atoms with van der Waals surface area (Å²) in [6, 6.07) is 13.7. The maximum Gasteiger partial charge on any atom is 0.331 e. The predicted octanol–water partition coefficient (Wildman–Crippen LogP) is 3.44. The first-order valence-electron chi connectivity index (χ1n) is 8.42. The van der Waals surface area contributed by atoms with Gasteiger partial charge < -0.3 is 10.1 Å². The lowest BCUT2D eigenvalue weighted by atomic mass is 10.1. The molecule has 2 aromatic rings. The molecule has 26 heavy (non-hydrogen) atoms. The quantitative estimate of drug-likeness (QED) is 0.611. The number of hydrogen-bond donors (Lipinski definition) is 1. The SMILES string of the molecule is Cc1ccccc1/C=C/C(=O)O[C@H](C)C(=O)NCCc1ccc(F)cc1. The molecule has 5 heteroatoms. The van der Waals surface area contributed by atoms with Crippen molar-refractivity contribution in [3.63, 3.8) is 0 Å². The first-order valence-corrected chi connectivity index (χ1v) is 8.42. The number of esters is 1. The van der Waals surface area contributed by atoms with Crippen molar-refractivity contribution < 1.29 is 18.7 Å². The van der Waals surface area contributed by atoms with Crippen molar-refractivity contribution in [3.8, 4) is 0 Å². The van der Waals surface area contributed by atoms with Gasteiger partial charge in [-0.1, -0.05) is 36.4 Å². The van der Waals surface area contributed by atoms with E-state index in [2.05, 4.69) is 5.32 Å². The smallest absolute Gasteiger partial charge is 0.331 e. The number of benzene rings is 2. The number of aryl methyl sites for hydroxylation is 1. The minimum atomic E-state index is -0.891. The van der Waals surface area contributed by atoms with Crippen LogP contribution in [0.4, 0.5) is 4.39 Å². The standard InChI is InChI=1S/C21H22FNO3/c1-15-5-3-4-6-18(15)9-12-20(24)26-16(2)21(25)23-14-13-17-7-10-19(22)11-8-17/h3-12,16H,13-14H2,1-2H3,(H,23,25)/b12-9+/t16-/m1/s1.